The lowest BCUT2D eigenvalue weighted by molar-refractivity contribution is -0.713. The number of nitrogens with two attached hydrogens (primary N) is 1. The van der Waals surface area contributed by atoms with Crippen molar-refractivity contribution in [1.82, 2.24) is 0 Å². The quantitative estimate of drug-likeness (QED) is 0.773. The van der Waals surface area contributed by atoms with Crippen molar-refractivity contribution in [2.75, 3.05) is 26.1 Å². The Morgan fingerprint density at radius 3 is 2.52 bits per heavy atom. The molecule has 2 aromatic rings. The summed E-state index contributed by atoms with van der Waals surface area (Å²) in [6.45, 7) is 4.60. The van der Waals surface area contributed by atoms with Crippen LogP contribution in [0, 0.1) is 6.92 Å². The van der Waals surface area contributed by atoms with E-state index in [0.29, 0.717) is 18.0 Å². The lowest BCUT2D eigenvalue weighted by Crippen LogP contribution is -2.92. The minimum atomic E-state index is -0.364. The van der Waals surface area contributed by atoms with Crippen LogP contribution < -0.4 is 15.4 Å². The van der Waals surface area contributed by atoms with Crippen molar-refractivity contribution in [3.05, 3.63) is 59.7 Å². The maximum absolute atomic E-state index is 13.0. The molecule has 2 aromatic carbocycles. The molecule has 5 nitrogen and oxygen atoms in total. The monoisotopic (exact) mass is 343 g/mol. The van der Waals surface area contributed by atoms with Crippen LogP contribution in [-0.4, -0.2) is 32.8 Å². The average Bonchev–Trinajstić information content (AvgIpc) is 2.61. The number of aryl methyl sites for hydroxylation is 1. The molecule has 5 heteroatoms. The fourth-order valence-electron chi connectivity index (χ4n) is 2.79. The van der Waals surface area contributed by atoms with Gasteiger partial charge in [0.2, 0.25) is 0 Å². The van der Waals surface area contributed by atoms with Crippen LogP contribution in [0.1, 0.15) is 24.1 Å². The van der Waals surface area contributed by atoms with E-state index in [-0.39, 0.29) is 18.0 Å². The maximum Gasteiger partial charge on any atom is 0.287 e. The SMILES string of the molecule is COC[C@H](C)[NH2+][C@H](C(=O)Nc1cc(C)ccc1OC)c1ccccc1. The molecule has 0 unspecified atom stereocenters. The predicted molar refractivity (Wildman–Crippen MR) is 98.8 cm³/mol. The van der Waals surface area contributed by atoms with E-state index in [2.05, 4.69) is 5.32 Å². The highest BCUT2D eigenvalue weighted by molar-refractivity contribution is 5.95. The van der Waals surface area contributed by atoms with Gasteiger partial charge < -0.3 is 20.1 Å². The van der Waals surface area contributed by atoms with Gasteiger partial charge >= 0.3 is 0 Å². The van der Waals surface area contributed by atoms with E-state index in [1.165, 1.54) is 0 Å². The van der Waals surface area contributed by atoms with Gasteiger partial charge in [-0.05, 0) is 31.5 Å². The van der Waals surface area contributed by atoms with Crippen molar-refractivity contribution < 1.29 is 19.6 Å². The molecular weight excluding hydrogens is 316 g/mol. The number of hydrogen-bond acceptors (Lipinski definition) is 3. The third kappa shape index (κ3) is 5.31. The fourth-order valence-corrected chi connectivity index (χ4v) is 2.79. The Morgan fingerprint density at radius 1 is 1.16 bits per heavy atom. The zero-order valence-electron chi connectivity index (χ0n) is 15.3. The van der Waals surface area contributed by atoms with Crippen LogP contribution in [-0.2, 0) is 9.53 Å². The van der Waals surface area contributed by atoms with E-state index in [4.69, 9.17) is 9.47 Å². The Hall–Kier alpha value is -2.37. The molecule has 25 heavy (non-hydrogen) atoms. The van der Waals surface area contributed by atoms with Crippen LogP contribution in [0.5, 0.6) is 5.75 Å². The van der Waals surface area contributed by atoms with Gasteiger partial charge in [0.1, 0.15) is 11.8 Å². The summed E-state index contributed by atoms with van der Waals surface area (Å²) in [7, 11) is 3.27. The molecule has 0 aliphatic heterocycles. The zero-order valence-corrected chi connectivity index (χ0v) is 15.3. The molecule has 1 amide bonds. The smallest absolute Gasteiger partial charge is 0.287 e. The van der Waals surface area contributed by atoms with E-state index < -0.39 is 0 Å². The van der Waals surface area contributed by atoms with Crippen molar-refractivity contribution >= 4 is 11.6 Å². The first-order chi connectivity index (χ1) is 12.0. The summed E-state index contributed by atoms with van der Waals surface area (Å²) < 4.78 is 10.6. The summed E-state index contributed by atoms with van der Waals surface area (Å²) in [6.07, 6.45) is 0. The van der Waals surface area contributed by atoms with E-state index in [9.17, 15) is 4.79 Å². The molecular formula is C20H27N2O3+. The number of carbonyl (C=O) groups is 1. The number of nitrogens with one attached hydrogen (secondary N) is 1. The first-order valence-electron chi connectivity index (χ1n) is 8.39. The molecule has 0 heterocycles. The Balaban J connectivity index is 2.25. The summed E-state index contributed by atoms with van der Waals surface area (Å²) in [5.41, 5.74) is 2.69. The van der Waals surface area contributed by atoms with Gasteiger partial charge in [0.15, 0.2) is 6.04 Å². The van der Waals surface area contributed by atoms with Gasteiger partial charge in [0, 0.05) is 12.7 Å². The van der Waals surface area contributed by atoms with Crippen molar-refractivity contribution in [2.24, 2.45) is 0 Å². The number of amides is 1. The van der Waals surface area contributed by atoms with E-state index >= 15 is 0 Å². The molecule has 0 bridgehead atoms. The molecule has 0 saturated carbocycles. The molecule has 0 radical (unpaired) electrons. The molecule has 134 valence electrons. The number of ether oxygens (including phenoxy) is 2. The lowest BCUT2D eigenvalue weighted by atomic mass is 10.0. The first-order valence-corrected chi connectivity index (χ1v) is 8.39. The first kappa shape index (κ1) is 19.0. The largest absolute Gasteiger partial charge is 0.495 e. The summed E-state index contributed by atoms with van der Waals surface area (Å²) in [4.78, 5) is 13.0. The van der Waals surface area contributed by atoms with Crippen LogP contribution in [0.25, 0.3) is 0 Å². The van der Waals surface area contributed by atoms with Gasteiger partial charge in [-0.3, -0.25) is 4.79 Å². The van der Waals surface area contributed by atoms with Crippen molar-refractivity contribution in [2.45, 2.75) is 25.9 Å². The second kappa shape index (κ2) is 9.20. The molecule has 0 saturated heterocycles. The van der Waals surface area contributed by atoms with Crippen molar-refractivity contribution in [3.8, 4) is 5.75 Å². The van der Waals surface area contributed by atoms with Crippen molar-refractivity contribution in [1.29, 1.82) is 0 Å². The highest BCUT2D eigenvalue weighted by Crippen LogP contribution is 2.26. The van der Waals surface area contributed by atoms with Gasteiger partial charge in [-0.1, -0.05) is 36.4 Å². The summed E-state index contributed by atoms with van der Waals surface area (Å²) >= 11 is 0. The normalized spacial score (nSPS) is 13.1. The Morgan fingerprint density at radius 2 is 1.88 bits per heavy atom. The minimum Gasteiger partial charge on any atom is -0.495 e. The van der Waals surface area contributed by atoms with E-state index in [0.717, 1.165) is 11.1 Å². The van der Waals surface area contributed by atoms with Gasteiger partial charge in [-0.2, -0.15) is 0 Å². The number of carbonyl (C=O) groups excluding carboxylic acids is 1. The van der Waals surface area contributed by atoms with Crippen LogP contribution in [0.2, 0.25) is 0 Å². The fraction of sp³-hybridized carbons (Fsp3) is 0.350. The zero-order chi connectivity index (χ0) is 18.2. The van der Waals surface area contributed by atoms with E-state index in [1.807, 2.05) is 67.7 Å². The standard InChI is InChI=1S/C20H26N2O3/c1-14-10-11-18(25-4)17(12-14)22-20(23)19(21-15(2)13-24-3)16-8-6-5-7-9-16/h5-12,15,19,21H,13H2,1-4H3,(H,22,23)/p+1/t15-,19-/m0/s1. The molecule has 0 aliphatic rings. The number of hydrogen-bond donors (Lipinski definition) is 2. The topological polar surface area (TPSA) is 64.2 Å². The van der Waals surface area contributed by atoms with Crippen LogP contribution in [0.15, 0.2) is 48.5 Å². The number of rotatable bonds is 8. The third-order valence-electron chi connectivity index (χ3n) is 4.00. The summed E-state index contributed by atoms with van der Waals surface area (Å²) in [5, 5.41) is 5.04. The molecule has 2 atom stereocenters. The summed E-state index contributed by atoms with van der Waals surface area (Å²) in [6, 6.07) is 15.3. The van der Waals surface area contributed by atoms with Crippen LogP contribution >= 0.6 is 0 Å². The number of quaternary nitrogens is 1. The number of methoxy groups -OCH3 is 2. The second-order valence-corrected chi connectivity index (χ2v) is 6.21. The second-order valence-electron chi connectivity index (χ2n) is 6.21. The van der Waals surface area contributed by atoms with Crippen molar-refractivity contribution in [3.63, 3.8) is 0 Å². The molecule has 0 aromatic heterocycles. The number of benzene rings is 2. The Bertz CT molecular complexity index is 689. The molecule has 2 rings (SSSR count). The molecule has 3 N–H and O–H groups in total. The average molecular weight is 343 g/mol. The molecule has 0 fully saturated rings. The van der Waals surface area contributed by atoms with Gasteiger partial charge in [-0.15, -0.1) is 0 Å². The highest BCUT2D eigenvalue weighted by atomic mass is 16.5. The lowest BCUT2D eigenvalue weighted by Gasteiger charge is -2.20. The van der Waals surface area contributed by atoms with E-state index in [1.54, 1.807) is 14.2 Å². The Kier molecular flexibility index (Phi) is 6.98. The van der Waals surface area contributed by atoms with Crippen LogP contribution in [0.3, 0.4) is 0 Å². The maximum atomic E-state index is 13.0. The van der Waals surface area contributed by atoms with Gasteiger partial charge in [-0.25, -0.2) is 0 Å². The number of anilines is 1. The van der Waals surface area contributed by atoms with Gasteiger partial charge in [0.25, 0.3) is 5.91 Å². The van der Waals surface area contributed by atoms with Crippen LogP contribution in [0.4, 0.5) is 5.69 Å². The Labute approximate surface area is 149 Å². The highest BCUT2D eigenvalue weighted by Gasteiger charge is 2.27. The third-order valence-corrected chi connectivity index (χ3v) is 4.00. The van der Waals surface area contributed by atoms with Gasteiger partial charge in [0.05, 0.1) is 19.4 Å². The predicted octanol–water partition coefficient (Wildman–Crippen LogP) is 2.28. The molecule has 0 spiro atoms. The summed E-state index contributed by atoms with van der Waals surface area (Å²) in [5.74, 6) is 0.564. The molecule has 0 aliphatic carbocycles. The minimum absolute atomic E-state index is 0.0851.